The van der Waals surface area contributed by atoms with Crippen LogP contribution in [0.1, 0.15) is 6.92 Å². The van der Waals surface area contributed by atoms with Crippen LogP contribution in [-0.4, -0.2) is 46.7 Å². The van der Waals surface area contributed by atoms with E-state index in [1.165, 1.54) is 0 Å². The van der Waals surface area contributed by atoms with Crippen LogP contribution < -0.4 is 11.5 Å². The van der Waals surface area contributed by atoms with Gasteiger partial charge in [-0.3, -0.25) is 4.79 Å². The molecule has 0 saturated carbocycles. The number of carboxylic acid groups (broad SMARTS) is 1. The molecule has 0 rings (SSSR count). The van der Waals surface area contributed by atoms with Crippen molar-refractivity contribution in [3.63, 3.8) is 0 Å². The van der Waals surface area contributed by atoms with E-state index in [1.807, 2.05) is 0 Å². The molecule has 0 aliphatic rings. The van der Waals surface area contributed by atoms with Crippen molar-refractivity contribution in [3.05, 3.63) is 0 Å². The third-order valence-corrected chi connectivity index (χ3v) is 0. The van der Waals surface area contributed by atoms with Crippen LogP contribution in [0, 0.1) is 0 Å². The number of amides is 2. The largest absolute Gasteiger partial charge is 0.481 e. The molecule has 2 amide bonds. The van der Waals surface area contributed by atoms with Crippen molar-refractivity contribution in [1.82, 2.24) is 0 Å². The van der Waals surface area contributed by atoms with Crippen LogP contribution in [0.3, 0.4) is 0 Å². The van der Waals surface area contributed by atoms with Crippen LogP contribution >= 0.6 is 0 Å². The number of hydrogen-bond donors (Lipinski definition) is 3. The Kier molecular flexibility index (Phi) is 18.8. The number of aliphatic carboxylic acids is 1. The van der Waals surface area contributed by atoms with Gasteiger partial charge in [-0.2, -0.15) is 0 Å². The van der Waals surface area contributed by atoms with Crippen LogP contribution in [0.5, 0.6) is 0 Å². The van der Waals surface area contributed by atoms with Gasteiger partial charge in [-0.15, -0.1) is 0 Å². The number of primary amides is 2. The summed E-state index contributed by atoms with van der Waals surface area (Å²) in [6.45, 7) is 1.08. The Hall–Kier alpha value is -0.260. The summed E-state index contributed by atoms with van der Waals surface area (Å²) < 4.78 is 0. The van der Waals surface area contributed by atoms with Gasteiger partial charge < -0.3 is 16.6 Å². The van der Waals surface area contributed by atoms with E-state index in [1.54, 1.807) is 0 Å². The minimum atomic E-state index is -0.833. The number of carboxylic acids is 1. The summed E-state index contributed by atoms with van der Waals surface area (Å²) in [5.41, 5.74) is 8.50. The molecule has 0 aromatic carbocycles. The molecule has 0 unspecified atom stereocenters. The van der Waals surface area contributed by atoms with Crippen molar-refractivity contribution >= 4 is 41.6 Å². The molecule has 9 heavy (non-hydrogen) atoms. The minimum Gasteiger partial charge on any atom is -0.481 e. The van der Waals surface area contributed by atoms with Crippen molar-refractivity contribution < 1.29 is 14.7 Å². The molecule has 0 atom stereocenters. The maximum atomic E-state index is 9.00. The predicted molar refractivity (Wildman–Crippen MR) is 32.8 cm³/mol. The summed E-state index contributed by atoms with van der Waals surface area (Å²) in [6.07, 6.45) is 0. The second kappa shape index (κ2) is 10.7. The molecule has 5 N–H and O–H groups in total. The number of nitrogens with two attached hydrogens (primary N) is 2. The second-order valence-corrected chi connectivity index (χ2v) is 0.921. The van der Waals surface area contributed by atoms with E-state index in [-0.39, 0.29) is 29.6 Å². The van der Waals surface area contributed by atoms with Gasteiger partial charge in [-0.25, -0.2) is 4.79 Å². The Morgan fingerprint density at radius 1 is 1.33 bits per heavy atom. The Morgan fingerprint density at radius 3 is 1.33 bits per heavy atom. The zero-order chi connectivity index (χ0) is 7.15. The Balaban J connectivity index is -0.0000000720. The third kappa shape index (κ3) is 3770. The van der Waals surface area contributed by atoms with E-state index in [9.17, 15) is 0 Å². The molecule has 0 bridgehead atoms. The van der Waals surface area contributed by atoms with Crippen LogP contribution in [0.4, 0.5) is 4.79 Å². The van der Waals surface area contributed by atoms with Gasteiger partial charge >= 0.3 is 6.03 Å². The van der Waals surface area contributed by atoms with Gasteiger partial charge in [0.1, 0.15) is 0 Å². The first-order valence-electron chi connectivity index (χ1n) is 1.71. The number of carbonyl (C=O) groups excluding carboxylic acids is 1. The summed E-state index contributed by atoms with van der Waals surface area (Å²) in [6, 6.07) is -0.833. The Labute approximate surface area is 74.7 Å². The first kappa shape index (κ1) is 15.9. The molecule has 6 heteroatoms. The molecule has 0 fully saturated rings. The smallest absolute Gasteiger partial charge is 0.309 e. The SMILES string of the molecule is CC(=O)O.NC(N)=O.[Na]. The van der Waals surface area contributed by atoms with Gasteiger partial charge in [0.2, 0.25) is 0 Å². The Bertz CT molecular complexity index is 75.1. The summed E-state index contributed by atoms with van der Waals surface area (Å²) in [7, 11) is 0. The van der Waals surface area contributed by atoms with Crippen molar-refractivity contribution in [3.8, 4) is 0 Å². The maximum Gasteiger partial charge on any atom is 0.309 e. The molecule has 0 aliphatic carbocycles. The van der Waals surface area contributed by atoms with Crippen LogP contribution in [-0.2, 0) is 4.79 Å². The molecule has 0 aliphatic heterocycles. The number of carbonyl (C=O) groups is 2. The van der Waals surface area contributed by atoms with E-state index in [2.05, 4.69) is 11.5 Å². The first-order valence-corrected chi connectivity index (χ1v) is 1.71. The fourth-order valence-corrected chi connectivity index (χ4v) is 0. The van der Waals surface area contributed by atoms with Gasteiger partial charge in [-0.05, 0) is 0 Å². The normalized spacial score (nSPS) is 5.44. The molecule has 0 aromatic rings. The summed E-state index contributed by atoms with van der Waals surface area (Å²) >= 11 is 0. The Morgan fingerprint density at radius 2 is 1.33 bits per heavy atom. The van der Waals surface area contributed by atoms with Crippen molar-refractivity contribution in [2.75, 3.05) is 0 Å². The zero-order valence-electron chi connectivity index (χ0n) is 5.42. The zero-order valence-corrected chi connectivity index (χ0v) is 7.42. The molecule has 0 aromatic heterocycles. The van der Waals surface area contributed by atoms with Crippen LogP contribution in [0.15, 0.2) is 0 Å². The summed E-state index contributed by atoms with van der Waals surface area (Å²) in [4.78, 5) is 18.0. The van der Waals surface area contributed by atoms with E-state index < -0.39 is 12.0 Å². The van der Waals surface area contributed by atoms with E-state index in [0.717, 1.165) is 6.92 Å². The molecule has 0 heterocycles. The molecule has 0 saturated heterocycles. The standard InChI is InChI=1S/C2H4O2.CH4N2O.Na/c1-2(3)4;2-1(3)4;/h1H3,(H,3,4);(H4,2,3,4);. The topological polar surface area (TPSA) is 106 Å². The quantitative estimate of drug-likeness (QED) is 0.368. The fourth-order valence-electron chi connectivity index (χ4n) is 0. The number of urea groups is 1. The van der Waals surface area contributed by atoms with Crippen molar-refractivity contribution in [2.45, 2.75) is 6.92 Å². The van der Waals surface area contributed by atoms with E-state index in [4.69, 9.17) is 14.7 Å². The van der Waals surface area contributed by atoms with Crippen molar-refractivity contribution in [1.29, 1.82) is 0 Å². The summed E-state index contributed by atoms with van der Waals surface area (Å²) in [5, 5.41) is 7.42. The molecule has 5 nitrogen and oxygen atoms in total. The van der Waals surface area contributed by atoms with Gasteiger partial charge in [-0.1, -0.05) is 0 Å². The van der Waals surface area contributed by atoms with Crippen LogP contribution in [0.2, 0.25) is 0 Å². The fraction of sp³-hybridized carbons (Fsp3) is 0.333. The van der Waals surface area contributed by atoms with E-state index in [0.29, 0.717) is 0 Å². The summed E-state index contributed by atoms with van der Waals surface area (Å²) in [5.74, 6) is -0.833. The maximum absolute atomic E-state index is 9.00. The molecular formula is C3H8N2NaO3. The first-order chi connectivity index (χ1) is 3.46. The molecule has 1 radical (unpaired) electrons. The van der Waals surface area contributed by atoms with E-state index >= 15 is 0 Å². The number of rotatable bonds is 0. The minimum absolute atomic E-state index is 0. The molecular weight excluding hydrogens is 135 g/mol. The number of hydrogen-bond acceptors (Lipinski definition) is 2. The van der Waals surface area contributed by atoms with Gasteiger partial charge in [0.05, 0.1) is 0 Å². The average Bonchev–Trinajstić information content (AvgIpc) is 1.25. The van der Waals surface area contributed by atoms with Gasteiger partial charge in [0, 0.05) is 36.5 Å². The average molecular weight is 143 g/mol. The predicted octanol–water partition coefficient (Wildman–Crippen LogP) is -1.27. The molecule has 49 valence electrons. The second-order valence-electron chi connectivity index (χ2n) is 0.921. The monoisotopic (exact) mass is 143 g/mol. The van der Waals surface area contributed by atoms with Gasteiger partial charge in [0.15, 0.2) is 0 Å². The third-order valence-electron chi connectivity index (χ3n) is 0. The van der Waals surface area contributed by atoms with Crippen molar-refractivity contribution in [2.24, 2.45) is 11.5 Å². The molecule has 0 spiro atoms. The van der Waals surface area contributed by atoms with Crippen LogP contribution in [0.25, 0.3) is 0 Å². The van der Waals surface area contributed by atoms with Gasteiger partial charge in [0.25, 0.3) is 5.97 Å².